The van der Waals surface area contributed by atoms with Crippen LogP contribution in [-0.2, 0) is 0 Å². The van der Waals surface area contributed by atoms with E-state index in [1.165, 1.54) is 17.5 Å². The second-order valence-corrected chi connectivity index (χ2v) is 5.54. The van der Waals surface area contributed by atoms with Crippen molar-refractivity contribution in [3.63, 3.8) is 0 Å². The fourth-order valence-electron chi connectivity index (χ4n) is 3.23. The SMILES string of the molecule is CC1CCNC1C(c1ccccc1)c1ccccc1. The second-order valence-electron chi connectivity index (χ2n) is 5.54. The minimum absolute atomic E-state index is 0.458. The molecule has 0 radical (unpaired) electrons. The summed E-state index contributed by atoms with van der Waals surface area (Å²) in [5, 5.41) is 3.70. The molecule has 3 rings (SSSR count). The first-order valence-corrected chi connectivity index (χ1v) is 7.19. The van der Waals surface area contributed by atoms with E-state index in [9.17, 15) is 0 Å². The molecule has 0 spiro atoms. The molecule has 1 nitrogen and oxygen atoms in total. The topological polar surface area (TPSA) is 12.0 Å². The Kier molecular flexibility index (Phi) is 3.65. The maximum atomic E-state index is 3.70. The summed E-state index contributed by atoms with van der Waals surface area (Å²) in [7, 11) is 0. The first-order chi connectivity index (χ1) is 9.36. The summed E-state index contributed by atoms with van der Waals surface area (Å²) in [5.41, 5.74) is 2.83. The quantitative estimate of drug-likeness (QED) is 0.874. The molecule has 0 saturated carbocycles. The monoisotopic (exact) mass is 251 g/mol. The minimum atomic E-state index is 0.458. The summed E-state index contributed by atoms with van der Waals surface area (Å²) < 4.78 is 0. The van der Waals surface area contributed by atoms with Gasteiger partial charge in [0.1, 0.15) is 0 Å². The first kappa shape index (κ1) is 12.4. The van der Waals surface area contributed by atoms with Crippen LogP contribution in [0.15, 0.2) is 60.7 Å². The Morgan fingerprint density at radius 2 is 1.42 bits per heavy atom. The van der Waals surface area contributed by atoms with Gasteiger partial charge in [-0.2, -0.15) is 0 Å². The highest BCUT2D eigenvalue weighted by Crippen LogP contribution is 2.34. The van der Waals surface area contributed by atoms with Gasteiger partial charge in [-0.3, -0.25) is 0 Å². The van der Waals surface area contributed by atoms with Crippen LogP contribution < -0.4 is 5.32 Å². The zero-order valence-corrected chi connectivity index (χ0v) is 11.4. The van der Waals surface area contributed by atoms with Gasteiger partial charge in [0.2, 0.25) is 0 Å². The number of benzene rings is 2. The van der Waals surface area contributed by atoms with Gasteiger partial charge < -0.3 is 5.32 Å². The minimum Gasteiger partial charge on any atom is -0.313 e. The third kappa shape index (κ3) is 2.57. The molecule has 1 heteroatoms. The van der Waals surface area contributed by atoms with Crippen LogP contribution in [0.2, 0.25) is 0 Å². The lowest BCUT2D eigenvalue weighted by molar-refractivity contribution is 0.439. The van der Waals surface area contributed by atoms with Crippen molar-refractivity contribution in [3.8, 4) is 0 Å². The number of nitrogens with one attached hydrogen (secondary N) is 1. The lowest BCUT2D eigenvalue weighted by Crippen LogP contribution is -2.33. The van der Waals surface area contributed by atoms with Gasteiger partial charge in [-0.25, -0.2) is 0 Å². The molecular formula is C18H21N. The van der Waals surface area contributed by atoms with E-state index >= 15 is 0 Å². The molecule has 1 N–H and O–H groups in total. The molecule has 2 aromatic rings. The molecule has 0 amide bonds. The summed E-state index contributed by atoms with van der Waals surface area (Å²) in [6.45, 7) is 3.51. The molecule has 1 fully saturated rings. The van der Waals surface area contributed by atoms with E-state index in [2.05, 4.69) is 72.9 Å². The highest BCUT2D eigenvalue weighted by atomic mass is 15.0. The first-order valence-electron chi connectivity index (χ1n) is 7.19. The molecule has 2 atom stereocenters. The summed E-state index contributed by atoms with van der Waals surface area (Å²) in [5.74, 6) is 1.19. The van der Waals surface area contributed by atoms with Crippen molar-refractivity contribution in [2.75, 3.05) is 6.54 Å². The molecule has 1 heterocycles. The van der Waals surface area contributed by atoms with Gasteiger partial charge >= 0.3 is 0 Å². The van der Waals surface area contributed by atoms with E-state index in [1.54, 1.807) is 0 Å². The van der Waals surface area contributed by atoms with Gasteiger partial charge in [-0.05, 0) is 30.0 Å². The predicted molar refractivity (Wildman–Crippen MR) is 80.3 cm³/mol. The van der Waals surface area contributed by atoms with Gasteiger partial charge in [0.15, 0.2) is 0 Å². The molecule has 0 bridgehead atoms. The Balaban J connectivity index is 2.01. The third-order valence-electron chi connectivity index (χ3n) is 4.27. The van der Waals surface area contributed by atoms with Crippen LogP contribution in [0.5, 0.6) is 0 Å². The van der Waals surface area contributed by atoms with Crippen LogP contribution in [0, 0.1) is 5.92 Å². The van der Waals surface area contributed by atoms with E-state index < -0.39 is 0 Å². The number of rotatable bonds is 3. The van der Waals surface area contributed by atoms with E-state index in [1.807, 2.05) is 0 Å². The maximum Gasteiger partial charge on any atom is 0.0246 e. The second kappa shape index (κ2) is 5.58. The van der Waals surface area contributed by atoms with Crippen LogP contribution >= 0.6 is 0 Å². The summed E-state index contributed by atoms with van der Waals surface area (Å²) >= 11 is 0. The Morgan fingerprint density at radius 1 is 0.895 bits per heavy atom. The van der Waals surface area contributed by atoms with Crippen molar-refractivity contribution in [1.29, 1.82) is 0 Å². The Labute approximate surface area is 115 Å². The number of hydrogen-bond acceptors (Lipinski definition) is 1. The number of hydrogen-bond donors (Lipinski definition) is 1. The average Bonchev–Trinajstić information content (AvgIpc) is 2.88. The van der Waals surface area contributed by atoms with Gasteiger partial charge in [0.25, 0.3) is 0 Å². The molecule has 2 aromatic carbocycles. The normalized spacial score (nSPS) is 22.8. The molecule has 1 saturated heterocycles. The Hall–Kier alpha value is -1.60. The van der Waals surface area contributed by atoms with Gasteiger partial charge in [0, 0.05) is 12.0 Å². The van der Waals surface area contributed by atoms with Gasteiger partial charge in [0.05, 0.1) is 0 Å². The molecule has 1 aliphatic heterocycles. The maximum absolute atomic E-state index is 3.70. The summed E-state index contributed by atoms with van der Waals surface area (Å²) in [6, 6.07) is 22.3. The van der Waals surface area contributed by atoms with Gasteiger partial charge in [-0.15, -0.1) is 0 Å². The zero-order chi connectivity index (χ0) is 13.1. The molecular weight excluding hydrogens is 230 g/mol. The smallest absolute Gasteiger partial charge is 0.0246 e. The van der Waals surface area contributed by atoms with Crippen LogP contribution in [0.25, 0.3) is 0 Å². The lowest BCUT2D eigenvalue weighted by atomic mass is 9.81. The van der Waals surface area contributed by atoms with Crippen LogP contribution in [0.4, 0.5) is 0 Å². The van der Waals surface area contributed by atoms with E-state index in [0.29, 0.717) is 12.0 Å². The molecule has 0 aromatic heterocycles. The van der Waals surface area contributed by atoms with Crippen LogP contribution in [-0.4, -0.2) is 12.6 Å². The summed E-state index contributed by atoms with van der Waals surface area (Å²) in [6.07, 6.45) is 1.28. The molecule has 2 unspecified atom stereocenters. The molecule has 1 aliphatic rings. The average molecular weight is 251 g/mol. The van der Waals surface area contributed by atoms with Crippen molar-refractivity contribution in [1.82, 2.24) is 5.32 Å². The fourth-order valence-corrected chi connectivity index (χ4v) is 3.23. The Bertz CT molecular complexity index is 466. The molecule has 0 aliphatic carbocycles. The van der Waals surface area contributed by atoms with E-state index in [-0.39, 0.29) is 0 Å². The van der Waals surface area contributed by atoms with Crippen molar-refractivity contribution in [2.24, 2.45) is 5.92 Å². The molecule has 19 heavy (non-hydrogen) atoms. The van der Waals surface area contributed by atoms with Crippen molar-refractivity contribution in [2.45, 2.75) is 25.3 Å². The summed E-state index contributed by atoms with van der Waals surface area (Å²) in [4.78, 5) is 0. The largest absolute Gasteiger partial charge is 0.313 e. The molecule has 98 valence electrons. The highest BCUT2D eigenvalue weighted by Gasteiger charge is 2.32. The van der Waals surface area contributed by atoms with E-state index in [4.69, 9.17) is 0 Å². The Morgan fingerprint density at radius 3 is 1.84 bits per heavy atom. The predicted octanol–water partition coefficient (Wildman–Crippen LogP) is 3.82. The third-order valence-corrected chi connectivity index (χ3v) is 4.27. The van der Waals surface area contributed by atoms with Crippen LogP contribution in [0.1, 0.15) is 30.4 Å². The lowest BCUT2D eigenvalue weighted by Gasteiger charge is -2.28. The fraction of sp³-hybridized carbons (Fsp3) is 0.333. The van der Waals surface area contributed by atoms with E-state index in [0.717, 1.165) is 12.5 Å². The standard InChI is InChI=1S/C18H21N/c1-14-12-13-19-18(14)17(15-8-4-2-5-9-15)16-10-6-3-7-11-16/h2-11,14,17-19H,12-13H2,1H3. The van der Waals surface area contributed by atoms with Gasteiger partial charge in [-0.1, -0.05) is 67.6 Å². The van der Waals surface area contributed by atoms with Crippen molar-refractivity contribution >= 4 is 0 Å². The zero-order valence-electron chi connectivity index (χ0n) is 11.4. The highest BCUT2D eigenvalue weighted by molar-refractivity contribution is 5.35. The van der Waals surface area contributed by atoms with Crippen LogP contribution in [0.3, 0.4) is 0 Å². The van der Waals surface area contributed by atoms with Crippen molar-refractivity contribution < 1.29 is 0 Å². The van der Waals surface area contributed by atoms with Crippen molar-refractivity contribution in [3.05, 3.63) is 71.8 Å².